The molecule has 3 aromatic carbocycles. The van der Waals surface area contributed by atoms with Gasteiger partial charge in [0.2, 0.25) is 0 Å². The number of Topliss-reactive ketones (excluding diaryl/α,β-unsaturated/α-hetero) is 1. The summed E-state index contributed by atoms with van der Waals surface area (Å²) in [7, 11) is 0. The van der Waals surface area contributed by atoms with Gasteiger partial charge < -0.3 is 5.32 Å². The van der Waals surface area contributed by atoms with E-state index in [-0.39, 0.29) is 11.7 Å². The average molecular weight is 388 g/mol. The Morgan fingerprint density at radius 3 is 2.36 bits per heavy atom. The molecule has 1 amide bonds. The monoisotopic (exact) mass is 387 g/mol. The topological polar surface area (TPSA) is 46.2 Å². The number of rotatable bonds is 6. The summed E-state index contributed by atoms with van der Waals surface area (Å²) in [6.07, 6.45) is 3.55. The summed E-state index contributed by atoms with van der Waals surface area (Å²) in [4.78, 5) is 25.8. The molecule has 0 aliphatic heterocycles. The SMILES string of the molecule is O=C(CSc1ccc2c(c1)CCC2)c1ccc(NC(=O)c2ccccc2)cc1. The van der Waals surface area contributed by atoms with Crippen molar-refractivity contribution in [2.45, 2.75) is 24.2 Å². The summed E-state index contributed by atoms with van der Waals surface area (Å²) in [6, 6.07) is 22.7. The van der Waals surface area contributed by atoms with Crippen LogP contribution in [-0.2, 0) is 12.8 Å². The molecule has 3 aromatic rings. The van der Waals surface area contributed by atoms with Gasteiger partial charge in [0, 0.05) is 21.7 Å². The summed E-state index contributed by atoms with van der Waals surface area (Å²) in [5.74, 6) is 0.340. The highest BCUT2D eigenvalue weighted by Crippen LogP contribution is 2.28. The quantitative estimate of drug-likeness (QED) is 0.455. The van der Waals surface area contributed by atoms with Crippen LogP contribution < -0.4 is 5.32 Å². The Kier molecular flexibility index (Phi) is 5.58. The van der Waals surface area contributed by atoms with Crippen molar-refractivity contribution >= 4 is 29.1 Å². The van der Waals surface area contributed by atoms with Gasteiger partial charge in [-0.1, -0.05) is 24.3 Å². The summed E-state index contributed by atoms with van der Waals surface area (Å²) in [5, 5.41) is 2.85. The Labute approximate surface area is 169 Å². The van der Waals surface area contributed by atoms with Crippen molar-refractivity contribution in [3.8, 4) is 0 Å². The highest BCUT2D eigenvalue weighted by molar-refractivity contribution is 8.00. The first kappa shape index (κ1) is 18.5. The van der Waals surface area contributed by atoms with Crippen LogP contribution in [0.3, 0.4) is 0 Å². The van der Waals surface area contributed by atoms with E-state index >= 15 is 0 Å². The molecule has 4 rings (SSSR count). The van der Waals surface area contributed by atoms with Crippen molar-refractivity contribution in [1.29, 1.82) is 0 Å². The fourth-order valence-corrected chi connectivity index (χ4v) is 4.26. The van der Waals surface area contributed by atoms with E-state index in [9.17, 15) is 9.59 Å². The molecule has 4 heteroatoms. The molecule has 1 aliphatic rings. The largest absolute Gasteiger partial charge is 0.322 e. The summed E-state index contributed by atoms with van der Waals surface area (Å²) in [5.41, 5.74) is 4.82. The number of carbonyl (C=O) groups excluding carboxylic acids is 2. The Bertz CT molecular complexity index is 997. The van der Waals surface area contributed by atoms with E-state index in [2.05, 4.69) is 23.5 Å². The Morgan fingerprint density at radius 2 is 1.57 bits per heavy atom. The van der Waals surface area contributed by atoms with Crippen molar-refractivity contribution in [3.05, 3.63) is 95.1 Å². The number of nitrogens with one attached hydrogen (secondary N) is 1. The standard InChI is InChI=1S/C24H21NO2S/c26-23(16-28-22-14-11-17-7-4-8-20(17)15-22)18-9-12-21(13-10-18)25-24(27)19-5-2-1-3-6-19/h1-3,5-6,9-15H,4,7-8,16H2,(H,25,27). The van der Waals surface area contributed by atoms with Crippen LogP contribution in [0.5, 0.6) is 0 Å². The minimum atomic E-state index is -0.160. The first-order chi connectivity index (χ1) is 13.7. The molecule has 3 nitrogen and oxygen atoms in total. The number of anilines is 1. The van der Waals surface area contributed by atoms with E-state index in [4.69, 9.17) is 0 Å². The van der Waals surface area contributed by atoms with Crippen LogP contribution in [0, 0.1) is 0 Å². The Hall–Kier alpha value is -2.85. The van der Waals surface area contributed by atoms with Gasteiger partial charge in [-0.2, -0.15) is 0 Å². The molecule has 0 aromatic heterocycles. The van der Waals surface area contributed by atoms with E-state index in [1.54, 1.807) is 48.2 Å². The molecule has 0 spiro atoms. The van der Waals surface area contributed by atoms with Crippen molar-refractivity contribution < 1.29 is 9.59 Å². The molecule has 140 valence electrons. The van der Waals surface area contributed by atoms with Crippen LogP contribution in [0.2, 0.25) is 0 Å². The maximum absolute atomic E-state index is 12.5. The third kappa shape index (κ3) is 4.34. The van der Waals surface area contributed by atoms with Gasteiger partial charge in [-0.3, -0.25) is 9.59 Å². The first-order valence-corrected chi connectivity index (χ1v) is 10.4. The lowest BCUT2D eigenvalue weighted by Gasteiger charge is -2.07. The molecule has 0 bridgehead atoms. The second-order valence-electron chi connectivity index (χ2n) is 6.89. The van der Waals surface area contributed by atoms with E-state index in [0.717, 1.165) is 11.3 Å². The number of amides is 1. The molecule has 0 unspecified atom stereocenters. The van der Waals surface area contributed by atoms with Crippen LogP contribution in [0.25, 0.3) is 0 Å². The summed E-state index contributed by atoms with van der Waals surface area (Å²) in [6.45, 7) is 0. The van der Waals surface area contributed by atoms with Crippen molar-refractivity contribution in [2.24, 2.45) is 0 Å². The van der Waals surface area contributed by atoms with Crippen LogP contribution in [0.4, 0.5) is 5.69 Å². The highest BCUT2D eigenvalue weighted by Gasteiger charge is 2.12. The number of hydrogen-bond acceptors (Lipinski definition) is 3. The van der Waals surface area contributed by atoms with Crippen LogP contribution in [-0.4, -0.2) is 17.4 Å². The third-order valence-electron chi connectivity index (χ3n) is 4.94. The summed E-state index contributed by atoms with van der Waals surface area (Å²) < 4.78 is 0. The first-order valence-electron chi connectivity index (χ1n) is 9.43. The van der Waals surface area contributed by atoms with Crippen LogP contribution in [0.1, 0.15) is 38.3 Å². The predicted molar refractivity (Wildman–Crippen MR) is 114 cm³/mol. The van der Waals surface area contributed by atoms with E-state index < -0.39 is 0 Å². The minimum Gasteiger partial charge on any atom is -0.322 e. The fourth-order valence-electron chi connectivity index (χ4n) is 3.40. The van der Waals surface area contributed by atoms with Crippen molar-refractivity contribution in [2.75, 3.05) is 11.1 Å². The zero-order chi connectivity index (χ0) is 19.3. The predicted octanol–water partition coefficient (Wildman–Crippen LogP) is 5.40. The number of aryl methyl sites for hydroxylation is 2. The smallest absolute Gasteiger partial charge is 0.255 e. The molecule has 0 heterocycles. The molecule has 0 atom stereocenters. The molecule has 0 saturated heterocycles. The lowest BCUT2D eigenvalue weighted by molar-refractivity contribution is 0.101. The zero-order valence-electron chi connectivity index (χ0n) is 15.5. The number of ketones is 1. The average Bonchev–Trinajstić information content (AvgIpc) is 3.21. The van der Waals surface area contributed by atoms with Gasteiger partial charge in [-0.15, -0.1) is 11.8 Å². The lowest BCUT2D eigenvalue weighted by Crippen LogP contribution is -2.11. The highest BCUT2D eigenvalue weighted by atomic mass is 32.2. The normalized spacial score (nSPS) is 12.4. The Balaban J connectivity index is 1.34. The molecule has 1 aliphatic carbocycles. The van der Waals surface area contributed by atoms with E-state index in [1.807, 2.05) is 18.2 Å². The van der Waals surface area contributed by atoms with Gasteiger partial charge in [-0.05, 0) is 78.9 Å². The maximum atomic E-state index is 12.5. The molecule has 28 heavy (non-hydrogen) atoms. The van der Waals surface area contributed by atoms with Crippen LogP contribution in [0.15, 0.2) is 77.7 Å². The van der Waals surface area contributed by atoms with Gasteiger partial charge in [0.05, 0.1) is 5.75 Å². The van der Waals surface area contributed by atoms with Gasteiger partial charge in [-0.25, -0.2) is 0 Å². The third-order valence-corrected chi connectivity index (χ3v) is 5.93. The number of carbonyl (C=O) groups is 2. The number of hydrogen-bond donors (Lipinski definition) is 1. The zero-order valence-corrected chi connectivity index (χ0v) is 16.3. The molecular formula is C24H21NO2S. The van der Waals surface area contributed by atoms with Gasteiger partial charge in [0.15, 0.2) is 5.78 Å². The number of thioether (sulfide) groups is 1. The van der Waals surface area contributed by atoms with Gasteiger partial charge >= 0.3 is 0 Å². The lowest BCUT2D eigenvalue weighted by atomic mass is 10.1. The van der Waals surface area contributed by atoms with E-state index in [1.165, 1.54) is 24.0 Å². The maximum Gasteiger partial charge on any atom is 0.255 e. The molecule has 0 fully saturated rings. The number of benzene rings is 3. The minimum absolute atomic E-state index is 0.0893. The second-order valence-corrected chi connectivity index (χ2v) is 7.94. The van der Waals surface area contributed by atoms with Crippen LogP contribution >= 0.6 is 11.8 Å². The van der Waals surface area contributed by atoms with Crippen molar-refractivity contribution in [3.63, 3.8) is 0 Å². The van der Waals surface area contributed by atoms with Crippen molar-refractivity contribution in [1.82, 2.24) is 0 Å². The molecule has 0 saturated carbocycles. The second kappa shape index (κ2) is 8.44. The van der Waals surface area contributed by atoms with Gasteiger partial charge in [0.25, 0.3) is 5.91 Å². The molecular weight excluding hydrogens is 366 g/mol. The van der Waals surface area contributed by atoms with Gasteiger partial charge in [0.1, 0.15) is 0 Å². The molecule has 1 N–H and O–H groups in total. The van der Waals surface area contributed by atoms with E-state index in [0.29, 0.717) is 22.6 Å². The molecule has 0 radical (unpaired) electrons. The Morgan fingerprint density at radius 1 is 0.821 bits per heavy atom. The summed E-state index contributed by atoms with van der Waals surface area (Å²) >= 11 is 1.58. The fraction of sp³-hybridized carbons (Fsp3) is 0.167. The number of fused-ring (bicyclic) bond motifs is 1.